The van der Waals surface area contributed by atoms with Gasteiger partial charge in [0.15, 0.2) is 0 Å². The van der Waals surface area contributed by atoms with Gasteiger partial charge in [-0.25, -0.2) is 0 Å². The van der Waals surface area contributed by atoms with E-state index >= 15 is 0 Å². The number of hydrogen-bond acceptors (Lipinski definition) is 4. The minimum atomic E-state index is -1.07. The van der Waals surface area contributed by atoms with Gasteiger partial charge in [-0.15, -0.1) is 0 Å². The van der Waals surface area contributed by atoms with E-state index in [9.17, 15) is 5.11 Å². The van der Waals surface area contributed by atoms with Crippen molar-refractivity contribution in [3.05, 3.63) is 29.8 Å². The number of aliphatic hydroxyl groups is 2. The summed E-state index contributed by atoms with van der Waals surface area (Å²) in [4.78, 5) is 0. The van der Waals surface area contributed by atoms with Crippen molar-refractivity contribution in [1.82, 2.24) is 5.32 Å². The van der Waals surface area contributed by atoms with Crippen molar-refractivity contribution in [2.75, 3.05) is 13.2 Å². The van der Waals surface area contributed by atoms with Crippen molar-refractivity contribution < 1.29 is 14.9 Å². The standard InChI is InChI=1S/C14H23NO3/c1-11(2)18-13-6-4-12(5-7-13)8-15-9-14(3,17)10-16/h4-7,11,15-17H,8-10H2,1-3H3. The molecule has 0 bridgehead atoms. The number of rotatable bonds is 7. The molecule has 1 atom stereocenters. The first-order valence-corrected chi connectivity index (χ1v) is 6.22. The van der Waals surface area contributed by atoms with Crippen LogP contribution in [0.1, 0.15) is 26.3 Å². The smallest absolute Gasteiger partial charge is 0.119 e. The van der Waals surface area contributed by atoms with E-state index in [1.54, 1.807) is 6.92 Å². The molecule has 0 heterocycles. The first-order valence-electron chi connectivity index (χ1n) is 6.22. The van der Waals surface area contributed by atoms with Crippen molar-refractivity contribution in [2.24, 2.45) is 0 Å². The minimum Gasteiger partial charge on any atom is -0.491 e. The predicted molar refractivity (Wildman–Crippen MR) is 71.6 cm³/mol. The van der Waals surface area contributed by atoms with E-state index < -0.39 is 5.60 Å². The Morgan fingerprint density at radius 1 is 1.28 bits per heavy atom. The van der Waals surface area contributed by atoms with Gasteiger partial charge in [-0.1, -0.05) is 12.1 Å². The summed E-state index contributed by atoms with van der Waals surface area (Å²) in [6, 6.07) is 7.83. The maximum absolute atomic E-state index is 9.61. The topological polar surface area (TPSA) is 61.7 Å². The van der Waals surface area contributed by atoms with Gasteiger partial charge in [-0.3, -0.25) is 0 Å². The van der Waals surface area contributed by atoms with Crippen LogP contribution in [0.15, 0.2) is 24.3 Å². The molecule has 1 rings (SSSR count). The van der Waals surface area contributed by atoms with Crippen LogP contribution in [0.5, 0.6) is 5.75 Å². The molecule has 0 spiro atoms. The Balaban J connectivity index is 2.40. The van der Waals surface area contributed by atoms with Crippen molar-refractivity contribution in [3.63, 3.8) is 0 Å². The monoisotopic (exact) mass is 253 g/mol. The summed E-state index contributed by atoms with van der Waals surface area (Å²) >= 11 is 0. The van der Waals surface area contributed by atoms with Crippen molar-refractivity contribution in [2.45, 2.75) is 39.0 Å². The maximum atomic E-state index is 9.61. The minimum absolute atomic E-state index is 0.175. The van der Waals surface area contributed by atoms with Gasteiger partial charge >= 0.3 is 0 Å². The molecule has 4 nitrogen and oxygen atoms in total. The van der Waals surface area contributed by atoms with Gasteiger partial charge in [-0.2, -0.15) is 0 Å². The highest BCUT2D eigenvalue weighted by atomic mass is 16.5. The molecule has 102 valence electrons. The Morgan fingerprint density at radius 2 is 1.89 bits per heavy atom. The van der Waals surface area contributed by atoms with Gasteiger partial charge in [0.25, 0.3) is 0 Å². The molecular weight excluding hydrogens is 230 g/mol. The number of ether oxygens (including phenoxy) is 1. The van der Waals surface area contributed by atoms with E-state index in [1.807, 2.05) is 38.1 Å². The van der Waals surface area contributed by atoms with Gasteiger partial charge in [0, 0.05) is 13.1 Å². The van der Waals surface area contributed by atoms with Gasteiger partial charge in [0.2, 0.25) is 0 Å². The Labute approximate surface area is 109 Å². The molecule has 1 unspecified atom stereocenters. The lowest BCUT2D eigenvalue weighted by Gasteiger charge is -2.20. The number of benzene rings is 1. The summed E-state index contributed by atoms with van der Waals surface area (Å²) in [5.41, 5.74) is 0.0422. The van der Waals surface area contributed by atoms with Crippen molar-refractivity contribution in [3.8, 4) is 5.75 Å². The summed E-state index contributed by atoms with van der Waals surface area (Å²) in [5.74, 6) is 0.858. The number of aliphatic hydroxyl groups excluding tert-OH is 1. The third-order valence-corrected chi connectivity index (χ3v) is 2.47. The average molecular weight is 253 g/mol. The van der Waals surface area contributed by atoms with E-state index in [2.05, 4.69) is 5.32 Å². The van der Waals surface area contributed by atoms with Gasteiger partial charge in [-0.05, 0) is 38.5 Å². The van der Waals surface area contributed by atoms with Crippen molar-refractivity contribution in [1.29, 1.82) is 0 Å². The molecule has 0 amide bonds. The van der Waals surface area contributed by atoms with Crippen LogP contribution in [0.4, 0.5) is 0 Å². The quantitative estimate of drug-likeness (QED) is 0.685. The van der Waals surface area contributed by atoms with Gasteiger partial charge in [0.1, 0.15) is 5.75 Å². The van der Waals surface area contributed by atoms with Crippen LogP contribution < -0.4 is 10.1 Å². The van der Waals surface area contributed by atoms with Gasteiger partial charge < -0.3 is 20.3 Å². The largest absolute Gasteiger partial charge is 0.491 e. The van der Waals surface area contributed by atoms with Crippen LogP contribution in [0, 0.1) is 0 Å². The first-order chi connectivity index (χ1) is 8.43. The second-order valence-corrected chi connectivity index (χ2v) is 5.07. The lowest BCUT2D eigenvalue weighted by atomic mass is 10.1. The van der Waals surface area contributed by atoms with Crippen LogP contribution in [0.2, 0.25) is 0 Å². The molecule has 4 heteroatoms. The fraction of sp³-hybridized carbons (Fsp3) is 0.571. The van der Waals surface area contributed by atoms with Crippen LogP contribution in [-0.2, 0) is 6.54 Å². The highest BCUT2D eigenvalue weighted by Crippen LogP contribution is 2.13. The fourth-order valence-electron chi connectivity index (χ4n) is 1.49. The molecule has 0 fully saturated rings. The normalized spacial score (nSPS) is 14.6. The molecule has 18 heavy (non-hydrogen) atoms. The van der Waals surface area contributed by atoms with Crippen molar-refractivity contribution >= 4 is 0 Å². The number of nitrogens with one attached hydrogen (secondary N) is 1. The second-order valence-electron chi connectivity index (χ2n) is 5.07. The molecule has 1 aromatic carbocycles. The zero-order valence-corrected chi connectivity index (χ0v) is 11.3. The lowest BCUT2D eigenvalue weighted by Crippen LogP contribution is -2.40. The van der Waals surface area contributed by atoms with E-state index in [4.69, 9.17) is 9.84 Å². The third-order valence-electron chi connectivity index (χ3n) is 2.47. The molecular formula is C14H23NO3. The SMILES string of the molecule is CC(C)Oc1ccc(CNCC(C)(O)CO)cc1. The van der Waals surface area contributed by atoms with Crippen LogP contribution in [0.25, 0.3) is 0 Å². The zero-order chi connectivity index (χ0) is 13.6. The average Bonchev–Trinajstić information content (AvgIpc) is 2.30. The molecule has 0 aliphatic carbocycles. The molecule has 0 radical (unpaired) electrons. The van der Waals surface area contributed by atoms with Crippen LogP contribution in [-0.4, -0.2) is 35.1 Å². The first kappa shape index (κ1) is 15.0. The maximum Gasteiger partial charge on any atom is 0.119 e. The highest BCUT2D eigenvalue weighted by Gasteiger charge is 2.17. The Hall–Kier alpha value is -1.10. The second kappa shape index (κ2) is 6.73. The van der Waals surface area contributed by atoms with Gasteiger partial charge in [0.05, 0.1) is 18.3 Å². The van der Waals surface area contributed by atoms with E-state index in [0.29, 0.717) is 13.1 Å². The summed E-state index contributed by atoms with van der Waals surface area (Å²) in [6.07, 6.45) is 0.175. The summed E-state index contributed by atoms with van der Waals surface area (Å²) < 4.78 is 5.55. The fourth-order valence-corrected chi connectivity index (χ4v) is 1.49. The predicted octanol–water partition coefficient (Wildman–Crippen LogP) is 1.31. The summed E-state index contributed by atoms with van der Waals surface area (Å²) in [7, 11) is 0. The van der Waals surface area contributed by atoms with Crippen LogP contribution in [0.3, 0.4) is 0 Å². The van der Waals surface area contributed by atoms with E-state index in [-0.39, 0.29) is 12.7 Å². The van der Waals surface area contributed by atoms with E-state index in [1.165, 1.54) is 0 Å². The Kier molecular flexibility index (Phi) is 5.59. The summed E-state index contributed by atoms with van der Waals surface area (Å²) in [5, 5.41) is 21.6. The third kappa shape index (κ3) is 5.49. The number of hydrogen-bond donors (Lipinski definition) is 3. The Morgan fingerprint density at radius 3 is 2.39 bits per heavy atom. The molecule has 0 saturated heterocycles. The lowest BCUT2D eigenvalue weighted by molar-refractivity contribution is 0.00253. The molecule has 1 aromatic rings. The highest BCUT2D eigenvalue weighted by molar-refractivity contribution is 5.27. The van der Waals surface area contributed by atoms with E-state index in [0.717, 1.165) is 11.3 Å². The molecule has 0 aliphatic rings. The molecule has 3 N–H and O–H groups in total. The Bertz CT molecular complexity index is 347. The molecule has 0 aromatic heterocycles. The molecule has 0 aliphatic heterocycles. The van der Waals surface area contributed by atoms with Crippen LogP contribution >= 0.6 is 0 Å². The summed E-state index contributed by atoms with van der Waals surface area (Å²) in [6.45, 7) is 6.34. The zero-order valence-electron chi connectivity index (χ0n) is 11.3. The molecule has 0 saturated carbocycles.